The van der Waals surface area contributed by atoms with Gasteiger partial charge >= 0.3 is 0 Å². The molecule has 0 aliphatic heterocycles. The fourth-order valence-electron chi connectivity index (χ4n) is 1.48. The number of hydrogen-bond acceptors (Lipinski definition) is 7. The van der Waals surface area contributed by atoms with Gasteiger partial charge in [0.05, 0.1) is 4.92 Å². The second-order valence-electron chi connectivity index (χ2n) is 3.80. The van der Waals surface area contributed by atoms with Crippen LogP contribution < -0.4 is 11.3 Å². The fraction of sp³-hybridized carbons (Fsp3) is 0.182. The molecule has 8 heteroatoms. The van der Waals surface area contributed by atoms with Crippen molar-refractivity contribution in [3.63, 3.8) is 0 Å². The predicted octanol–water partition coefficient (Wildman–Crippen LogP) is 2.94. The van der Waals surface area contributed by atoms with E-state index >= 15 is 0 Å². The molecule has 1 aromatic carbocycles. The highest BCUT2D eigenvalue weighted by molar-refractivity contribution is 8.00. The molecule has 0 aliphatic rings. The number of aryl methyl sites for hydroxylation is 1. The molecule has 3 N–H and O–H groups in total. The molecule has 2 aromatic rings. The van der Waals surface area contributed by atoms with Crippen LogP contribution in [0.2, 0.25) is 0 Å². The Hall–Kier alpha value is -1.64. The molecule has 0 saturated carbocycles. The maximum atomic E-state index is 10.9. The van der Waals surface area contributed by atoms with Gasteiger partial charge in [-0.1, -0.05) is 17.8 Å². The zero-order valence-corrected chi connectivity index (χ0v) is 11.8. The highest BCUT2D eigenvalue weighted by atomic mass is 32.2. The largest absolute Gasteiger partial charge is 0.318 e. The Kier molecular flexibility index (Phi) is 4.35. The Morgan fingerprint density at radius 3 is 2.95 bits per heavy atom. The van der Waals surface area contributed by atoms with E-state index in [1.165, 1.54) is 6.07 Å². The molecule has 0 aliphatic carbocycles. The maximum absolute atomic E-state index is 10.9. The highest BCUT2D eigenvalue weighted by Crippen LogP contribution is 2.30. The molecule has 6 nitrogen and oxygen atoms in total. The van der Waals surface area contributed by atoms with Gasteiger partial charge in [-0.3, -0.25) is 16.0 Å². The van der Waals surface area contributed by atoms with E-state index in [4.69, 9.17) is 5.84 Å². The molecule has 0 radical (unpaired) electrons. The van der Waals surface area contributed by atoms with E-state index in [2.05, 4.69) is 10.4 Å². The van der Waals surface area contributed by atoms with E-state index in [0.29, 0.717) is 11.4 Å². The molecule has 0 amide bonds. The van der Waals surface area contributed by atoms with Gasteiger partial charge in [-0.15, -0.1) is 11.3 Å². The maximum Gasteiger partial charge on any atom is 0.293 e. The normalized spacial score (nSPS) is 10.4. The van der Waals surface area contributed by atoms with Crippen LogP contribution in [0.4, 0.5) is 11.4 Å². The van der Waals surface area contributed by atoms with Crippen molar-refractivity contribution in [2.45, 2.75) is 17.0 Å². The number of nitrogen functional groups attached to an aromatic ring is 1. The van der Waals surface area contributed by atoms with Gasteiger partial charge in [-0.05, 0) is 18.6 Å². The van der Waals surface area contributed by atoms with Crippen molar-refractivity contribution in [1.82, 2.24) is 4.98 Å². The van der Waals surface area contributed by atoms with Crippen molar-refractivity contribution in [3.8, 4) is 0 Å². The number of nitrogens with two attached hydrogens (primary N) is 1. The lowest BCUT2D eigenvalue weighted by atomic mass is 10.2. The molecule has 19 heavy (non-hydrogen) atoms. The summed E-state index contributed by atoms with van der Waals surface area (Å²) < 4.78 is 0.959. The minimum absolute atomic E-state index is 0.0177. The van der Waals surface area contributed by atoms with Gasteiger partial charge in [0, 0.05) is 22.9 Å². The third-order valence-electron chi connectivity index (χ3n) is 2.37. The van der Waals surface area contributed by atoms with Crippen molar-refractivity contribution in [2.24, 2.45) is 5.84 Å². The second kappa shape index (κ2) is 6.00. The lowest BCUT2D eigenvalue weighted by molar-refractivity contribution is -0.384. The van der Waals surface area contributed by atoms with E-state index in [0.717, 1.165) is 15.6 Å². The first-order chi connectivity index (χ1) is 9.10. The summed E-state index contributed by atoms with van der Waals surface area (Å²) in [5.74, 6) is 5.88. The van der Waals surface area contributed by atoms with Gasteiger partial charge in [-0.25, -0.2) is 4.98 Å². The number of hydrazine groups is 1. The molecule has 0 saturated heterocycles. The van der Waals surface area contributed by atoms with Crippen molar-refractivity contribution < 1.29 is 4.92 Å². The summed E-state index contributed by atoms with van der Waals surface area (Å²) in [6.07, 6.45) is 0. The zero-order chi connectivity index (χ0) is 13.8. The summed E-state index contributed by atoms with van der Waals surface area (Å²) in [4.78, 5) is 14.8. The number of thioether (sulfide) groups is 1. The molecular weight excluding hydrogens is 284 g/mol. The number of hydrogen-bond donors (Lipinski definition) is 2. The predicted molar refractivity (Wildman–Crippen MR) is 77.3 cm³/mol. The zero-order valence-electron chi connectivity index (χ0n) is 10.1. The van der Waals surface area contributed by atoms with E-state index in [1.807, 2.05) is 18.4 Å². The molecule has 1 heterocycles. The minimum Gasteiger partial charge on any atom is -0.318 e. The molecule has 1 aromatic heterocycles. The third-order valence-corrected chi connectivity index (χ3v) is 4.58. The fourth-order valence-corrected chi connectivity index (χ4v) is 3.28. The summed E-state index contributed by atoms with van der Waals surface area (Å²) >= 11 is 3.13. The van der Waals surface area contributed by atoms with Gasteiger partial charge in [0.2, 0.25) is 0 Å². The van der Waals surface area contributed by atoms with Crippen LogP contribution in [0, 0.1) is 17.0 Å². The van der Waals surface area contributed by atoms with E-state index in [1.54, 1.807) is 29.2 Å². The monoisotopic (exact) mass is 296 g/mol. The lowest BCUT2D eigenvalue weighted by Gasteiger charge is -2.04. The Bertz CT molecular complexity index is 600. The van der Waals surface area contributed by atoms with Crippen molar-refractivity contribution in [1.29, 1.82) is 0 Å². The first-order valence-electron chi connectivity index (χ1n) is 5.39. The topological polar surface area (TPSA) is 94.1 Å². The van der Waals surface area contributed by atoms with Gasteiger partial charge in [0.25, 0.3) is 5.69 Å². The average molecular weight is 296 g/mol. The van der Waals surface area contributed by atoms with Crippen LogP contribution in [0.1, 0.15) is 11.3 Å². The van der Waals surface area contributed by atoms with Gasteiger partial charge in [-0.2, -0.15) is 0 Å². The Morgan fingerprint density at radius 1 is 1.58 bits per heavy atom. The van der Waals surface area contributed by atoms with Gasteiger partial charge < -0.3 is 5.43 Å². The van der Waals surface area contributed by atoms with E-state index < -0.39 is 4.92 Å². The molecular formula is C11H12N4O2S2. The minimum atomic E-state index is -0.448. The van der Waals surface area contributed by atoms with E-state index in [-0.39, 0.29) is 5.69 Å². The molecule has 0 spiro atoms. The third kappa shape index (κ3) is 3.43. The summed E-state index contributed by atoms with van der Waals surface area (Å²) in [6.45, 7) is 1.94. The molecule has 0 fully saturated rings. The summed E-state index contributed by atoms with van der Waals surface area (Å²) in [5.41, 5.74) is 4.47. The van der Waals surface area contributed by atoms with Crippen LogP contribution >= 0.6 is 23.1 Å². The van der Waals surface area contributed by atoms with Crippen molar-refractivity contribution in [2.75, 3.05) is 5.43 Å². The van der Waals surface area contributed by atoms with Crippen molar-refractivity contribution in [3.05, 3.63) is 45.0 Å². The number of benzene rings is 1. The number of nitro groups is 1. The quantitative estimate of drug-likeness (QED) is 0.381. The standard InChI is InChI=1S/C11H12N4O2S2/c1-7-5-18-11(13-7)19-6-8-2-3-9(14-12)10(4-8)15(16)17/h2-5,14H,6,12H2,1H3. The number of aromatic nitrogens is 1. The Morgan fingerprint density at radius 2 is 2.37 bits per heavy atom. The number of nitro benzene ring substituents is 1. The SMILES string of the molecule is Cc1csc(SCc2ccc(NN)c([N+](=O)[O-])c2)n1. The van der Waals surface area contributed by atoms with Gasteiger partial charge in [0.15, 0.2) is 0 Å². The Balaban J connectivity index is 2.12. The number of nitrogens with one attached hydrogen (secondary N) is 1. The number of rotatable bonds is 5. The molecule has 0 atom stereocenters. The summed E-state index contributed by atoms with van der Waals surface area (Å²) in [6, 6.07) is 4.96. The molecule has 0 bridgehead atoms. The number of anilines is 1. The second-order valence-corrected chi connectivity index (χ2v) is 5.88. The summed E-state index contributed by atoms with van der Waals surface area (Å²) in [5, 5.41) is 12.9. The number of nitrogens with zero attached hydrogens (tertiary/aromatic N) is 2. The van der Waals surface area contributed by atoms with E-state index in [9.17, 15) is 10.1 Å². The van der Waals surface area contributed by atoms with Crippen LogP contribution in [0.3, 0.4) is 0 Å². The first kappa shape index (κ1) is 13.8. The molecule has 2 rings (SSSR count). The average Bonchev–Trinajstić information content (AvgIpc) is 2.81. The van der Waals surface area contributed by atoms with Crippen LogP contribution in [0.5, 0.6) is 0 Å². The smallest absolute Gasteiger partial charge is 0.293 e. The van der Waals surface area contributed by atoms with Gasteiger partial charge in [0.1, 0.15) is 10.0 Å². The van der Waals surface area contributed by atoms with Crippen LogP contribution in [-0.2, 0) is 5.75 Å². The lowest BCUT2D eigenvalue weighted by Crippen LogP contribution is -2.09. The Labute approximate surface area is 118 Å². The summed E-state index contributed by atoms with van der Waals surface area (Å²) in [7, 11) is 0. The molecule has 100 valence electrons. The van der Waals surface area contributed by atoms with Crippen LogP contribution in [-0.4, -0.2) is 9.91 Å². The highest BCUT2D eigenvalue weighted by Gasteiger charge is 2.14. The first-order valence-corrected chi connectivity index (χ1v) is 7.25. The van der Waals surface area contributed by atoms with Crippen LogP contribution in [0.25, 0.3) is 0 Å². The number of thiazole rings is 1. The molecule has 0 unspecified atom stereocenters. The van der Waals surface area contributed by atoms with Crippen LogP contribution in [0.15, 0.2) is 27.9 Å². The van der Waals surface area contributed by atoms with Crippen molar-refractivity contribution >= 4 is 34.5 Å².